The second kappa shape index (κ2) is 8.35. The van der Waals surface area contributed by atoms with Crippen molar-refractivity contribution in [3.8, 4) is 0 Å². The summed E-state index contributed by atoms with van der Waals surface area (Å²) >= 11 is 7.44. The molecule has 0 bridgehead atoms. The molecule has 0 N–H and O–H groups in total. The number of rotatable bonds is 4. The number of aromatic nitrogens is 1. The predicted octanol–water partition coefficient (Wildman–Crippen LogP) is 3.59. The molecule has 2 heterocycles. The molecule has 3 rings (SSSR count). The first-order valence-electron chi connectivity index (χ1n) is 8.81. The fourth-order valence-electron chi connectivity index (χ4n) is 2.93. The number of nitrogens with zero attached hydrogens (tertiary/aromatic N) is 3. The van der Waals surface area contributed by atoms with E-state index >= 15 is 0 Å². The van der Waals surface area contributed by atoms with Gasteiger partial charge in [-0.15, -0.1) is 11.3 Å². The molecule has 5 nitrogen and oxygen atoms in total. The van der Waals surface area contributed by atoms with Crippen molar-refractivity contribution < 1.29 is 14.0 Å². The SMILES string of the molecule is CC(C)c1nc(CC(=O)N2CCN(C(=O)c3cc(Cl)ccc3F)CC2)cs1. The topological polar surface area (TPSA) is 53.5 Å². The number of halogens is 2. The molecule has 1 aromatic carbocycles. The van der Waals surface area contributed by atoms with Gasteiger partial charge >= 0.3 is 0 Å². The Morgan fingerprint density at radius 1 is 1.22 bits per heavy atom. The van der Waals surface area contributed by atoms with Crippen molar-refractivity contribution in [3.63, 3.8) is 0 Å². The molecule has 0 atom stereocenters. The Labute approximate surface area is 166 Å². The first kappa shape index (κ1) is 19.8. The quantitative estimate of drug-likeness (QED) is 0.775. The molecule has 1 fully saturated rings. The van der Waals surface area contributed by atoms with Gasteiger partial charge in [0.1, 0.15) is 5.82 Å². The highest BCUT2D eigenvalue weighted by atomic mass is 35.5. The highest BCUT2D eigenvalue weighted by molar-refractivity contribution is 7.09. The molecule has 0 unspecified atom stereocenters. The molecule has 27 heavy (non-hydrogen) atoms. The number of carbonyl (C=O) groups is 2. The molecule has 0 aliphatic carbocycles. The van der Waals surface area contributed by atoms with Gasteiger partial charge in [-0.3, -0.25) is 9.59 Å². The second-order valence-electron chi connectivity index (χ2n) is 6.81. The third-order valence-corrected chi connectivity index (χ3v) is 5.90. The van der Waals surface area contributed by atoms with E-state index in [0.717, 1.165) is 10.7 Å². The van der Waals surface area contributed by atoms with Gasteiger partial charge in [0.15, 0.2) is 0 Å². The Morgan fingerprint density at radius 3 is 2.52 bits per heavy atom. The lowest BCUT2D eigenvalue weighted by atomic mass is 10.1. The van der Waals surface area contributed by atoms with E-state index in [2.05, 4.69) is 18.8 Å². The van der Waals surface area contributed by atoms with E-state index in [1.165, 1.54) is 18.2 Å². The van der Waals surface area contributed by atoms with E-state index in [1.807, 2.05) is 5.38 Å². The van der Waals surface area contributed by atoms with Crippen LogP contribution in [0.25, 0.3) is 0 Å². The van der Waals surface area contributed by atoms with Gasteiger partial charge in [0.25, 0.3) is 5.91 Å². The molecular formula is C19H21ClFN3O2S. The molecule has 144 valence electrons. The zero-order valence-corrected chi connectivity index (χ0v) is 16.8. The standard InChI is InChI=1S/C19H21ClFN3O2S/c1-12(2)18-22-14(11-27-18)10-17(25)23-5-7-24(8-6-23)19(26)15-9-13(20)3-4-16(15)21/h3-4,9,11-12H,5-8,10H2,1-2H3. The van der Waals surface area contributed by atoms with Gasteiger partial charge in [-0.1, -0.05) is 25.4 Å². The minimum atomic E-state index is -0.590. The molecule has 1 aliphatic heterocycles. The lowest BCUT2D eigenvalue weighted by molar-refractivity contribution is -0.132. The van der Waals surface area contributed by atoms with Crippen LogP contribution < -0.4 is 0 Å². The molecule has 2 amide bonds. The maximum atomic E-state index is 13.9. The van der Waals surface area contributed by atoms with E-state index in [9.17, 15) is 14.0 Å². The highest BCUT2D eigenvalue weighted by Crippen LogP contribution is 2.20. The number of piperazine rings is 1. The van der Waals surface area contributed by atoms with Crippen molar-refractivity contribution in [2.24, 2.45) is 0 Å². The summed E-state index contributed by atoms with van der Waals surface area (Å²) in [4.78, 5) is 32.8. The fourth-order valence-corrected chi connectivity index (χ4v) is 3.93. The van der Waals surface area contributed by atoms with Crippen LogP contribution in [-0.4, -0.2) is 52.8 Å². The number of hydrogen-bond donors (Lipinski definition) is 0. The molecule has 1 aromatic heterocycles. The summed E-state index contributed by atoms with van der Waals surface area (Å²) in [6, 6.07) is 3.94. The van der Waals surface area contributed by atoms with Crippen molar-refractivity contribution in [3.05, 3.63) is 50.7 Å². The maximum Gasteiger partial charge on any atom is 0.257 e. The Kier molecular flexibility index (Phi) is 6.11. The first-order chi connectivity index (χ1) is 12.8. The van der Waals surface area contributed by atoms with E-state index in [0.29, 0.717) is 37.1 Å². The third kappa shape index (κ3) is 4.65. The largest absolute Gasteiger partial charge is 0.339 e. The van der Waals surface area contributed by atoms with Crippen LogP contribution in [0.5, 0.6) is 0 Å². The fraction of sp³-hybridized carbons (Fsp3) is 0.421. The van der Waals surface area contributed by atoms with Crippen LogP contribution in [0.3, 0.4) is 0 Å². The Bertz CT molecular complexity index is 847. The van der Waals surface area contributed by atoms with Gasteiger partial charge in [-0.05, 0) is 18.2 Å². The van der Waals surface area contributed by atoms with Crippen molar-refractivity contribution in [2.75, 3.05) is 26.2 Å². The summed E-state index contributed by atoms with van der Waals surface area (Å²) in [5.74, 6) is -0.646. The normalized spacial score (nSPS) is 14.7. The van der Waals surface area contributed by atoms with Crippen LogP contribution in [0.15, 0.2) is 23.6 Å². The lowest BCUT2D eigenvalue weighted by Gasteiger charge is -2.34. The number of amides is 2. The summed E-state index contributed by atoms with van der Waals surface area (Å²) < 4.78 is 13.9. The second-order valence-corrected chi connectivity index (χ2v) is 8.13. The molecule has 0 saturated carbocycles. The zero-order valence-electron chi connectivity index (χ0n) is 15.2. The number of thiazole rings is 1. The summed E-state index contributed by atoms with van der Waals surface area (Å²) in [6.45, 7) is 5.73. The van der Waals surface area contributed by atoms with Gasteiger partial charge < -0.3 is 9.80 Å². The number of hydrogen-bond acceptors (Lipinski definition) is 4. The van der Waals surface area contributed by atoms with Crippen molar-refractivity contribution in [1.82, 2.24) is 14.8 Å². The molecular weight excluding hydrogens is 389 g/mol. The zero-order chi connectivity index (χ0) is 19.6. The molecule has 0 radical (unpaired) electrons. The van der Waals surface area contributed by atoms with E-state index in [1.54, 1.807) is 21.1 Å². The maximum absolute atomic E-state index is 13.9. The lowest BCUT2D eigenvalue weighted by Crippen LogP contribution is -2.51. The van der Waals surface area contributed by atoms with Crippen LogP contribution >= 0.6 is 22.9 Å². The minimum absolute atomic E-state index is 0.00311. The van der Waals surface area contributed by atoms with E-state index in [-0.39, 0.29) is 17.9 Å². The van der Waals surface area contributed by atoms with Crippen LogP contribution in [0, 0.1) is 5.82 Å². The third-order valence-electron chi connectivity index (χ3n) is 4.47. The van der Waals surface area contributed by atoms with Gasteiger partial charge in [0, 0.05) is 42.5 Å². The summed E-state index contributed by atoms with van der Waals surface area (Å²) in [7, 11) is 0. The van der Waals surface area contributed by atoms with Crippen molar-refractivity contribution >= 4 is 34.8 Å². The van der Waals surface area contributed by atoms with E-state index < -0.39 is 11.7 Å². The Morgan fingerprint density at radius 2 is 1.89 bits per heavy atom. The van der Waals surface area contributed by atoms with Crippen LogP contribution in [0.2, 0.25) is 5.02 Å². The monoisotopic (exact) mass is 409 g/mol. The highest BCUT2D eigenvalue weighted by Gasteiger charge is 2.26. The summed E-state index contributed by atoms with van der Waals surface area (Å²) in [5.41, 5.74) is 0.749. The summed E-state index contributed by atoms with van der Waals surface area (Å²) in [6.07, 6.45) is 0.264. The van der Waals surface area contributed by atoms with Gasteiger partial charge in [0.05, 0.1) is 22.7 Å². The number of carbonyl (C=O) groups excluding carboxylic acids is 2. The average molecular weight is 410 g/mol. The molecule has 8 heteroatoms. The van der Waals surface area contributed by atoms with Crippen molar-refractivity contribution in [2.45, 2.75) is 26.2 Å². The predicted molar refractivity (Wildman–Crippen MR) is 104 cm³/mol. The average Bonchev–Trinajstić information content (AvgIpc) is 3.12. The summed E-state index contributed by atoms with van der Waals surface area (Å²) in [5, 5.41) is 3.27. The molecule has 1 aliphatic rings. The Hall–Kier alpha value is -1.99. The van der Waals surface area contributed by atoms with E-state index in [4.69, 9.17) is 11.6 Å². The minimum Gasteiger partial charge on any atom is -0.339 e. The number of benzene rings is 1. The Balaban J connectivity index is 1.57. The van der Waals surface area contributed by atoms with Gasteiger partial charge in [-0.2, -0.15) is 0 Å². The van der Waals surface area contributed by atoms with Crippen LogP contribution in [-0.2, 0) is 11.2 Å². The molecule has 0 spiro atoms. The molecule has 1 saturated heterocycles. The van der Waals surface area contributed by atoms with Crippen LogP contribution in [0.4, 0.5) is 4.39 Å². The van der Waals surface area contributed by atoms with Crippen molar-refractivity contribution in [1.29, 1.82) is 0 Å². The smallest absolute Gasteiger partial charge is 0.257 e. The molecule has 2 aromatic rings. The van der Waals surface area contributed by atoms with Gasteiger partial charge in [0.2, 0.25) is 5.91 Å². The van der Waals surface area contributed by atoms with Crippen LogP contribution in [0.1, 0.15) is 40.8 Å². The van der Waals surface area contributed by atoms with Gasteiger partial charge in [-0.25, -0.2) is 9.37 Å². The first-order valence-corrected chi connectivity index (χ1v) is 10.1.